The molecule has 1 heterocycles. The minimum absolute atomic E-state index is 0.174. The van der Waals surface area contributed by atoms with Crippen molar-refractivity contribution < 1.29 is 4.79 Å². The number of pyridine rings is 1. The van der Waals surface area contributed by atoms with E-state index in [1.54, 1.807) is 24.5 Å². The molecule has 1 amide bonds. The monoisotopic (exact) mass is 295 g/mol. The van der Waals surface area contributed by atoms with Crippen molar-refractivity contribution in [3.63, 3.8) is 0 Å². The molecule has 0 bridgehead atoms. The first-order valence-corrected chi connectivity index (χ1v) is 7.31. The van der Waals surface area contributed by atoms with Gasteiger partial charge in [0.1, 0.15) is 0 Å². The predicted molar refractivity (Wildman–Crippen MR) is 91.4 cm³/mol. The van der Waals surface area contributed by atoms with Crippen molar-refractivity contribution in [1.82, 2.24) is 4.98 Å². The molecule has 0 spiro atoms. The van der Waals surface area contributed by atoms with Crippen LogP contribution >= 0.6 is 0 Å². The highest BCUT2D eigenvalue weighted by molar-refractivity contribution is 6.04. The molecule has 2 rings (SSSR count). The first-order valence-electron chi connectivity index (χ1n) is 7.31. The zero-order valence-corrected chi connectivity index (χ0v) is 13.0. The van der Waals surface area contributed by atoms with Crippen LogP contribution < -0.4 is 10.6 Å². The molecule has 0 aliphatic heterocycles. The van der Waals surface area contributed by atoms with E-state index in [-0.39, 0.29) is 5.91 Å². The Balaban J connectivity index is 2.06. The SMILES string of the molecule is C=CCNc1cncc(C(=O)Nc2ccc(C(C)C)cc2)c1. The Kier molecular flexibility index (Phi) is 5.31. The number of anilines is 2. The van der Waals surface area contributed by atoms with Gasteiger partial charge in [0.25, 0.3) is 5.91 Å². The summed E-state index contributed by atoms with van der Waals surface area (Å²) in [6.45, 7) is 8.55. The third-order valence-electron chi connectivity index (χ3n) is 3.29. The Labute approximate surface area is 131 Å². The molecular weight excluding hydrogens is 274 g/mol. The van der Waals surface area contributed by atoms with Crippen LogP contribution in [0, 0.1) is 0 Å². The molecule has 4 nitrogen and oxygen atoms in total. The maximum absolute atomic E-state index is 12.3. The summed E-state index contributed by atoms with van der Waals surface area (Å²) in [4.78, 5) is 16.3. The van der Waals surface area contributed by atoms with Gasteiger partial charge in [0, 0.05) is 24.6 Å². The van der Waals surface area contributed by atoms with Gasteiger partial charge in [0.15, 0.2) is 0 Å². The van der Waals surface area contributed by atoms with Crippen molar-refractivity contribution >= 4 is 17.3 Å². The lowest BCUT2D eigenvalue weighted by atomic mass is 10.0. The van der Waals surface area contributed by atoms with E-state index >= 15 is 0 Å². The van der Waals surface area contributed by atoms with E-state index < -0.39 is 0 Å². The number of benzene rings is 1. The van der Waals surface area contributed by atoms with E-state index in [9.17, 15) is 4.79 Å². The minimum Gasteiger partial charge on any atom is -0.380 e. The van der Waals surface area contributed by atoms with E-state index in [4.69, 9.17) is 0 Å². The highest BCUT2D eigenvalue weighted by Crippen LogP contribution is 2.18. The normalized spacial score (nSPS) is 10.3. The molecule has 2 aromatic rings. The maximum atomic E-state index is 12.3. The topological polar surface area (TPSA) is 54.0 Å². The average molecular weight is 295 g/mol. The number of amides is 1. The number of hydrogen-bond acceptors (Lipinski definition) is 3. The molecule has 0 saturated carbocycles. The number of hydrogen-bond donors (Lipinski definition) is 2. The summed E-state index contributed by atoms with van der Waals surface area (Å²) < 4.78 is 0. The van der Waals surface area contributed by atoms with Crippen LogP contribution in [0.1, 0.15) is 35.7 Å². The maximum Gasteiger partial charge on any atom is 0.257 e. The largest absolute Gasteiger partial charge is 0.380 e. The van der Waals surface area contributed by atoms with Gasteiger partial charge < -0.3 is 10.6 Å². The zero-order valence-electron chi connectivity index (χ0n) is 13.0. The van der Waals surface area contributed by atoms with E-state index in [1.807, 2.05) is 24.3 Å². The fraction of sp³-hybridized carbons (Fsp3) is 0.222. The van der Waals surface area contributed by atoms with Crippen LogP contribution in [0.25, 0.3) is 0 Å². The summed E-state index contributed by atoms with van der Waals surface area (Å²) in [5, 5.41) is 5.99. The smallest absolute Gasteiger partial charge is 0.257 e. The Bertz CT molecular complexity index is 648. The van der Waals surface area contributed by atoms with Crippen LogP contribution in [-0.4, -0.2) is 17.4 Å². The molecule has 2 N–H and O–H groups in total. The molecule has 0 aliphatic carbocycles. The quantitative estimate of drug-likeness (QED) is 0.790. The van der Waals surface area contributed by atoms with Crippen LogP contribution in [0.15, 0.2) is 55.4 Å². The third kappa shape index (κ3) is 4.19. The molecular formula is C18H21N3O. The first-order chi connectivity index (χ1) is 10.6. The summed E-state index contributed by atoms with van der Waals surface area (Å²) in [7, 11) is 0. The molecule has 0 atom stereocenters. The molecule has 0 unspecified atom stereocenters. The lowest BCUT2D eigenvalue weighted by Gasteiger charge is -2.09. The van der Waals surface area contributed by atoms with Gasteiger partial charge in [-0.05, 0) is 29.7 Å². The Morgan fingerprint density at radius 3 is 2.59 bits per heavy atom. The Morgan fingerprint density at radius 1 is 1.23 bits per heavy atom. The number of nitrogens with zero attached hydrogens (tertiary/aromatic N) is 1. The van der Waals surface area contributed by atoms with Crippen molar-refractivity contribution in [2.24, 2.45) is 0 Å². The van der Waals surface area contributed by atoms with Gasteiger partial charge in [0.2, 0.25) is 0 Å². The summed E-state index contributed by atoms with van der Waals surface area (Å²) >= 11 is 0. The van der Waals surface area contributed by atoms with Crippen molar-refractivity contribution in [2.75, 3.05) is 17.2 Å². The minimum atomic E-state index is -0.174. The first kappa shape index (κ1) is 15.8. The zero-order chi connectivity index (χ0) is 15.9. The van der Waals surface area contributed by atoms with Crippen LogP contribution in [0.4, 0.5) is 11.4 Å². The predicted octanol–water partition coefficient (Wildman–Crippen LogP) is 4.06. The van der Waals surface area contributed by atoms with Crippen LogP contribution in [-0.2, 0) is 0 Å². The second-order valence-electron chi connectivity index (χ2n) is 5.36. The van der Waals surface area contributed by atoms with Gasteiger partial charge in [-0.2, -0.15) is 0 Å². The van der Waals surface area contributed by atoms with Crippen LogP contribution in [0.2, 0.25) is 0 Å². The van der Waals surface area contributed by atoms with Crippen molar-refractivity contribution in [3.05, 3.63) is 66.5 Å². The van der Waals surface area contributed by atoms with E-state index in [0.29, 0.717) is 18.0 Å². The Hall–Kier alpha value is -2.62. The van der Waals surface area contributed by atoms with Crippen molar-refractivity contribution in [1.29, 1.82) is 0 Å². The number of carbonyl (C=O) groups excluding carboxylic acids is 1. The second kappa shape index (κ2) is 7.41. The molecule has 22 heavy (non-hydrogen) atoms. The lowest BCUT2D eigenvalue weighted by Crippen LogP contribution is -2.13. The molecule has 1 aromatic carbocycles. The molecule has 0 aliphatic rings. The van der Waals surface area contributed by atoms with E-state index in [1.165, 1.54) is 5.56 Å². The van der Waals surface area contributed by atoms with Crippen LogP contribution in [0.3, 0.4) is 0 Å². The second-order valence-corrected chi connectivity index (χ2v) is 5.36. The highest BCUT2D eigenvalue weighted by atomic mass is 16.1. The molecule has 1 aromatic heterocycles. The lowest BCUT2D eigenvalue weighted by molar-refractivity contribution is 0.102. The standard InChI is InChI=1S/C18H21N3O/c1-4-9-20-17-10-15(11-19-12-17)18(22)21-16-7-5-14(6-8-16)13(2)3/h4-8,10-13,20H,1,9H2,2-3H3,(H,21,22). The van der Waals surface area contributed by atoms with E-state index in [2.05, 4.69) is 36.0 Å². The molecule has 114 valence electrons. The summed E-state index contributed by atoms with van der Waals surface area (Å²) in [6, 6.07) is 9.66. The van der Waals surface area contributed by atoms with Crippen molar-refractivity contribution in [2.45, 2.75) is 19.8 Å². The van der Waals surface area contributed by atoms with Gasteiger partial charge >= 0.3 is 0 Å². The number of rotatable bonds is 6. The number of carbonyl (C=O) groups is 1. The van der Waals surface area contributed by atoms with Gasteiger partial charge in [-0.1, -0.05) is 32.1 Å². The van der Waals surface area contributed by atoms with Gasteiger partial charge in [-0.15, -0.1) is 6.58 Å². The molecule has 4 heteroatoms. The summed E-state index contributed by atoms with van der Waals surface area (Å²) in [6.07, 6.45) is 4.98. The fourth-order valence-electron chi connectivity index (χ4n) is 2.01. The molecule has 0 saturated heterocycles. The average Bonchev–Trinajstić information content (AvgIpc) is 2.53. The third-order valence-corrected chi connectivity index (χ3v) is 3.29. The van der Waals surface area contributed by atoms with Gasteiger partial charge in [0.05, 0.1) is 11.3 Å². The molecule has 0 radical (unpaired) electrons. The molecule has 0 fully saturated rings. The fourth-order valence-corrected chi connectivity index (χ4v) is 2.01. The number of nitrogens with one attached hydrogen (secondary N) is 2. The number of aromatic nitrogens is 1. The summed E-state index contributed by atoms with van der Waals surface area (Å²) in [5.41, 5.74) is 3.33. The van der Waals surface area contributed by atoms with E-state index in [0.717, 1.165) is 11.4 Å². The Morgan fingerprint density at radius 2 is 1.95 bits per heavy atom. The van der Waals surface area contributed by atoms with Gasteiger partial charge in [-0.3, -0.25) is 9.78 Å². The van der Waals surface area contributed by atoms with Gasteiger partial charge in [-0.25, -0.2) is 0 Å². The summed E-state index contributed by atoms with van der Waals surface area (Å²) in [5.74, 6) is 0.300. The van der Waals surface area contributed by atoms with Crippen LogP contribution in [0.5, 0.6) is 0 Å². The highest BCUT2D eigenvalue weighted by Gasteiger charge is 2.08. The van der Waals surface area contributed by atoms with Crippen molar-refractivity contribution in [3.8, 4) is 0 Å².